The number of hydrogen-bond donors (Lipinski definition) is 4. The van der Waals surface area contributed by atoms with E-state index in [4.69, 9.17) is 24.1 Å². The average Bonchev–Trinajstić information content (AvgIpc) is 3.01. The van der Waals surface area contributed by atoms with Crippen molar-refractivity contribution in [2.45, 2.75) is 118 Å². The number of cyclic esters (lactones) is 1. The molecule has 0 spiro atoms. The molecular weight excluding hydrogens is 620 g/mol. The third-order valence-electron chi connectivity index (χ3n) is 9.70. The fourth-order valence-electron chi connectivity index (χ4n) is 6.46. The summed E-state index contributed by atoms with van der Waals surface area (Å²) in [5, 5.41) is 43.2. The van der Waals surface area contributed by atoms with Crippen molar-refractivity contribution in [1.82, 2.24) is 0 Å². The first-order valence-corrected chi connectivity index (χ1v) is 16.6. The van der Waals surface area contributed by atoms with Crippen LogP contribution >= 0.6 is 0 Å². The van der Waals surface area contributed by atoms with Gasteiger partial charge in [0.05, 0.1) is 18.3 Å². The molecule has 11 nitrogen and oxygen atoms in total. The maximum absolute atomic E-state index is 13.5. The van der Waals surface area contributed by atoms with Crippen LogP contribution in [0, 0.1) is 29.6 Å². The molecular formula is C37H56O11. The Labute approximate surface area is 285 Å². The molecule has 2 aliphatic heterocycles. The normalized spacial score (nSPS) is 37.5. The van der Waals surface area contributed by atoms with Gasteiger partial charge in [0.15, 0.2) is 5.79 Å². The van der Waals surface area contributed by atoms with Crippen molar-refractivity contribution in [2.75, 3.05) is 7.11 Å². The van der Waals surface area contributed by atoms with Gasteiger partial charge < -0.3 is 39.4 Å². The summed E-state index contributed by atoms with van der Waals surface area (Å²) in [7, 11) is 1.47. The molecule has 0 aromatic rings. The van der Waals surface area contributed by atoms with Crippen LogP contribution in [-0.2, 0) is 33.3 Å². The highest BCUT2D eigenvalue weighted by molar-refractivity contribution is 5.90. The lowest BCUT2D eigenvalue weighted by atomic mass is 9.77. The molecule has 1 saturated heterocycles. The number of aliphatic carboxylic acids is 1. The number of aliphatic hydroxyl groups excluding tert-OH is 2. The van der Waals surface area contributed by atoms with Crippen LogP contribution < -0.4 is 0 Å². The minimum atomic E-state index is -1.95. The number of carboxylic acid groups (broad SMARTS) is 1. The number of hydrogen-bond acceptors (Lipinski definition) is 10. The molecule has 12 atom stereocenters. The largest absolute Gasteiger partial charge is 0.478 e. The lowest BCUT2D eigenvalue weighted by Gasteiger charge is -2.48. The van der Waals surface area contributed by atoms with Gasteiger partial charge in [0.2, 0.25) is 0 Å². The van der Waals surface area contributed by atoms with Crippen LogP contribution in [0.4, 0.5) is 0 Å². The summed E-state index contributed by atoms with van der Waals surface area (Å²) < 4.78 is 23.3. The van der Waals surface area contributed by atoms with Gasteiger partial charge in [-0.25, -0.2) is 14.4 Å². The van der Waals surface area contributed by atoms with Crippen molar-refractivity contribution in [1.29, 1.82) is 0 Å². The van der Waals surface area contributed by atoms with Crippen LogP contribution in [0.2, 0.25) is 0 Å². The van der Waals surface area contributed by atoms with Crippen LogP contribution in [0.3, 0.4) is 0 Å². The Morgan fingerprint density at radius 2 is 1.75 bits per heavy atom. The van der Waals surface area contributed by atoms with Crippen LogP contribution in [0.25, 0.3) is 0 Å². The number of methoxy groups -OCH3 is 1. The third-order valence-corrected chi connectivity index (χ3v) is 9.70. The van der Waals surface area contributed by atoms with Crippen LogP contribution in [0.15, 0.2) is 59.3 Å². The van der Waals surface area contributed by atoms with Gasteiger partial charge in [-0.2, -0.15) is 0 Å². The lowest BCUT2D eigenvalue weighted by molar-refractivity contribution is -0.319. The minimum Gasteiger partial charge on any atom is -0.478 e. The number of ether oxygens (including phenoxy) is 4. The number of carbonyl (C=O) groups is 3. The van der Waals surface area contributed by atoms with E-state index in [9.17, 15) is 29.7 Å². The summed E-state index contributed by atoms with van der Waals surface area (Å²) in [6.45, 7) is 16.2. The molecule has 4 N–H and O–H groups in total. The maximum atomic E-state index is 13.5. The van der Waals surface area contributed by atoms with Crippen molar-refractivity contribution >= 4 is 17.9 Å². The highest BCUT2D eigenvalue weighted by Gasteiger charge is 2.51. The molecule has 48 heavy (non-hydrogen) atoms. The number of esters is 2. The van der Waals surface area contributed by atoms with Crippen molar-refractivity contribution in [2.24, 2.45) is 29.6 Å². The van der Waals surface area contributed by atoms with Crippen LogP contribution in [0.1, 0.15) is 75.2 Å². The van der Waals surface area contributed by atoms with Gasteiger partial charge in [0.25, 0.3) is 0 Å². The van der Waals surface area contributed by atoms with Gasteiger partial charge >= 0.3 is 17.9 Å². The maximum Gasteiger partial charge on any atom is 0.334 e. The zero-order valence-corrected chi connectivity index (χ0v) is 30.0. The Morgan fingerprint density at radius 3 is 2.35 bits per heavy atom. The Hall–Kier alpha value is -3.09. The van der Waals surface area contributed by atoms with Gasteiger partial charge in [0, 0.05) is 54.9 Å². The molecule has 0 aliphatic carbocycles. The second-order valence-electron chi connectivity index (χ2n) is 13.8. The first-order valence-electron chi connectivity index (χ1n) is 16.6. The van der Waals surface area contributed by atoms with Gasteiger partial charge in [0.1, 0.15) is 18.3 Å². The summed E-state index contributed by atoms with van der Waals surface area (Å²) in [5.74, 6) is -7.00. The average molecular weight is 677 g/mol. The summed E-state index contributed by atoms with van der Waals surface area (Å²) in [6, 6.07) is 0. The molecule has 0 aromatic carbocycles. The van der Waals surface area contributed by atoms with Gasteiger partial charge in [-0.3, -0.25) is 0 Å². The molecule has 1 fully saturated rings. The van der Waals surface area contributed by atoms with Gasteiger partial charge in [-0.15, -0.1) is 0 Å². The number of carboxylic acids is 1. The predicted molar refractivity (Wildman–Crippen MR) is 180 cm³/mol. The number of rotatable bonds is 8. The quantitative estimate of drug-likeness (QED) is 0.208. The van der Waals surface area contributed by atoms with E-state index in [1.54, 1.807) is 52.8 Å². The molecule has 2 aliphatic rings. The van der Waals surface area contributed by atoms with E-state index >= 15 is 0 Å². The second kappa shape index (κ2) is 18.1. The summed E-state index contributed by atoms with van der Waals surface area (Å²) in [6.07, 6.45) is 5.95. The van der Waals surface area contributed by atoms with E-state index in [-0.39, 0.29) is 24.2 Å². The molecule has 0 bridgehead atoms. The van der Waals surface area contributed by atoms with Gasteiger partial charge in [-0.05, 0) is 46.1 Å². The van der Waals surface area contributed by atoms with E-state index < -0.39 is 72.2 Å². The van der Waals surface area contributed by atoms with E-state index in [2.05, 4.69) is 0 Å². The minimum absolute atomic E-state index is 0.0119. The molecule has 0 saturated carbocycles. The molecule has 2 heterocycles. The smallest absolute Gasteiger partial charge is 0.334 e. The monoisotopic (exact) mass is 676 g/mol. The summed E-state index contributed by atoms with van der Waals surface area (Å²) >= 11 is 0. The zero-order valence-electron chi connectivity index (χ0n) is 30.0. The fourth-order valence-corrected chi connectivity index (χ4v) is 6.46. The Kier molecular flexibility index (Phi) is 15.5. The molecule has 0 unspecified atom stereocenters. The number of allylic oxidation sites excluding steroid dienone is 5. The van der Waals surface area contributed by atoms with Crippen molar-refractivity contribution in [3.63, 3.8) is 0 Å². The Morgan fingerprint density at radius 1 is 1.10 bits per heavy atom. The van der Waals surface area contributed by atoms with Crippen LogP contribution in [0.5, 0.6) is 0 Å². The summed E-state index contributed by atoms with van der Waals surface area (Å²) in [5.41, 5.74) is 2.14. The standard InChI is InChI=1S/C37H56O11/c1-20-12-11-13-29(45-10)35(47-36(43)24(5)18-21(2)17-23(4)33(41)22(3)16-20)26(7)34(42)27(8)37(44)19-30(25(6)28(9)48-37)46-32(40)15-14-31(38)39/h11-15,17-18,22-23,25-30,33-35,41-42,44H,16,19H2,1-10H3,(H,38,39)/b13-11+,15-14+,20-12+,21-17?,24-18+/t22-,23+,25-,26-,27-,28+,29-,30+,33-,34-,35+,37+/m0/s1. The number of aliphatic hydroxyl groups is 3. The van der Waals surface area contributed by atoms with E-state index in [0.717, 1.165) is 17.2 Å². The van der Waals surface area contributed by atoms with E-state index in [1.165, 1.54) is 7.11 Å². The first kappa shape index (κ1) is 41.1. The molecule has 11 heteroatoms. The number of carbonyl (C=O) groups excluding carboxylic acids is 2. The summed E-state index contributed by atoms with van der Waals surface area (Å²) in [4.78, 5) is 36.6. The fraction of sp³-hybridized carbons (Fsp3) is 0.649. The highest BCUT2D eigenvalue weighted by atomic mass is 16.6. The van der Waals surface area contributed by atoms with Crippen LogP contribution in [-0.4, -0.2) is 87.9 Å². The van der Waals surface area contributed by atoms with Gasteiger partial charge in [-0.1, -0.05) is 70.1 Å². The van der Waals surface area contributed by atoms with E-state index in [1.807, 2.05) is 39.8 Å². The van der Waals surface area contributed by atoms with Crippen molar-refractivity contribution in [3.05, 3.63) is 59.3 Å². The molecule has 2 rings (SSSR count). The van der Waals surface area contributed by atoms with E-state index in [0.29, 0.717) is 18.1 Å². The highest BCUT2D eigenvalue weighted by Crippen LogP contribution is 2.41. The lowest BCUT2D eigenvalue weighted by Crippen LogP contribution is -2.58. The Bertz CT molecular complexity index is 1280. The molecule has 0 aromatic heterocycles. The third kappa shape index (κ3) is 11.2. The molecule has 0 amide bonds. The molecule has 270 valence electrons. The zero-order chi connectivity index (χ0) is 36.5. The first-order chi connectivity index (χ1) is 22.3. The second-order valence-corrected chi connectivity index (χ2v) is 13.8. The molecule has 0 radical (unpaired) electrons. The Balaban J connectivity index is 2.46. The van der Waals surface area contributed by atoms with Crippen molar-refractivity contribution < 1.29 is 53.8 Å². The SMILES string of the molecule is CO[C@H]1/C=C/C=C(\C)C[C@H](C)[C@H](O)[C@H](C)C=C(C)/C=C(\C)C(=O)O[C@@H]1[C@@H](C)[C@H](O)[C@H](C)[C@@]1(O)C[C@@H](OC(=O)/C=C/C(=O)O)[C@@H](C)[C@@H](C)O1. The predicted octanol–water partition coefficient (Wildman–Crippen LogP) is 4.66. The van der Waals surface area contributed by atoms with Crippen molar-refractivity contribution in [3.8, 4) is 0 Å². The topological polar surface area (TPSA) is 169 Å².